The van der Waals surface area contributed by atoms with E-state index in [0.717, 1.165) is 0 Å². The van der Waals surface area contributed by atoms with E-state index in [2.05, 4.69) is 17.5 Å². The highest BCUT2D eigenvalue weighted by Gasteiger charge is 1.86. The fourth-order valence-electron chi connectivity index (χ4n) is 0.248. The topological polar surface area (TPSA) is 29.1 Å². The molecule has 0 atom stereocenters. The summed E-state index contributed by atoms with van der Waals surface area (Å²) in [7, 11) is 0. The highest BCUT2D eigenvalue weighted by atomic mass is 32.1. The van der Waals surface area contributed by atoms with Gasteiger partial charge in [-0.25, -0.2) is 0 Å². The van der Waals surface area contributed by atoms with Crippen LogP contribution in [-0.4, -0.2) is 10.9 Å². The number of hydrogen-bond acceptors (Lipinski definition) is 2. The third-order valence-corrected chi connectivity index (χ3v) is 0.454. The smallest absolute Gasteiger partial charge is 0.221 e. The van der Waals surface area contributed by atoms with Gasteiger partial charge in [-0.15, -0.1) is 0 Å². The maximum absolute atomic E-state index is 10.1. The van der Waals surface area contributed by atoms with Gasteiger partial charge in [-0.2, -0.15) is 0 Å². The fraction of sp³-hybridized carbons (Fsp3) is 0.500. The number of thiocarbonyl (C=S) groups is 1. The lowest BCUT2D eigenvalue weighted by molar-refractivity contribution is -0.117. The van der Waals surface area contributed by atoms with Crippen LogP contribution in [0, 0.1) is 0 Å². The minimum absolute atomic E-state index is 0.104. The molecular formula is C4H7NOS. The quantitative estimate of drug-likeness (QED) is 0.467. The summed E-state index contributed by atoms with van der Waals surface area (Å²) in [5.41, 5.74) is 0. The molecule has 2 nitrogen and oxygen atoms in total. The standard InChI is InChI=1S/C4H7NOS/c1-3(6)5-4(2)7/h1-2H3,(H,5,6,7). The average molecular weight is 117 g/mol. The molecule has 0 aliphatic rings. The summed E-state index contributed by atoms with van der Waals surface area (Å²) in [6.07, 6.45) is 0. The first kappa shape index (κ1) is 6.56. The van der Waals surface area contributed by atoms with Gasteiger partial charge in [-0.1, -0.05) is 12.2 Å². The minimum Gasteiger partial charge on any atom is -0.321 e. The van der Waals surface area contributed by atoms with Crippen molar-refractivity contribution in [2.75, 3.05) is 0 Å². The van der Waals surface area contributed by atoms with Crippen LogP contribution in [0.3, 0.4) is 0 Å². The molecule has 3 heteroatoms. The van der Waals surface area contributed by atoms with Crippen LogP contribution in [-0.2, 0) is 4.79 Å². The van der Waals surface area contributed by atoms with Crippen molar-refractivity contribution >= 4 is 23.1 Å². The first-order valence-corrected chi connectivity index (χ1v) is 2.32. The molecule has 0 aromatic rings. The summed E-state index contributed by atoms with van der Waals surface area (Å²) in [5, 5.41) is 2.40. The first-order chi connectivity index (χ1) is 3.13. The summed E-state index contributed by atoms with van der Waals surface area (Å²) in [4.78, 5) is 10.6. The Morgan fingerprint density at radius 2 is 2.00 bits per heavy atom. The Balaban J connectivity index is 3.32. The predicted molar refractivity (Wildman–Crippen MR) is 32.1 cm³/mol. The second-order valence-corrected chi connectivity index (χ2v) is 1.85. The van der Waals surface area contributed by atoms with E-state index < -0.39 is 0 Å². The normalized spacial score (nSPS) is 7.71. The SMILES string of the molecule is CC(=O)NC(C)=S. The molecule has 0 fully saturated rings. The molecule has 1 N–H and O–H groups in total. The van der Waals surface area contributed by atoms with Gasteiger partial charge in [0, 0.05) is 6.92 Å². The van der Waals surface area contributed by atoms with Gasteiger partial charge in [0.1, 0.15) is 0 Å². The Morgan fingerprint density at radius 3 is 2.00 bits per heavy atom. The van der Waals surface area contributed by atoms with Crippen LogP contribution in [0.25, 0.3) is 0 Å². The molecule has 0 aliphatic heterocycles. The molecule has 0 saturated carbocycles. The molecule has 0 heterocycles. The maximum Gasteiger partial charge on any atom is 0.221 e. The molecule has 0 bridgehead atoms. The van der Waals surface area contributed by atoms with Crippen molar-refractivity contribution in [3.05, 3.63) is 0 Å². The molecule has 0 spiro atoms. The zero-order valence-electron chi connectivity index (χ0n) is 4.32. The Labute approximate surface area is 47.9 Å². The van der Waals surface area contributed by atoms with E-state index in [-0.39, 0.29) is 5.91 Å². The van der Waals surface area contributed by atoms with Crippen LogP contribution >= 0.6 is 12.2 Å². The van der Waals surface area contributed by atoms with Crippen LogP contribution in [0.1, 0.15) is 13.8 Å². The molecule has 0 aliphatic carbocycles. The Hall–Kier alpha value is -0.440. The van der Waals surface area contributed by atoms with Crippen molar-refractivity contribution in [1.82, 2.24) is 5.32 Å². The fourth-order valence-corrected chi connectivity index (χ4v) is 0.392. The zero-order valence-corrected chi connectivity index (χ0v) is 5.13. The van der Waals surface area contributed by atoms with Crippen LogP contribution in [0.5, 0.6) is 0 Å². The monoisotopic (exact) mass is 117 g/mol. The second-order valence-electron chi connectivity index (χ2n) is 1.24. The number of rotatable bonds is 0. The van der Waals surface area contributed by atoms with Crippen molar-refractivity contribution in [1.29, 1.82) is 0 Å². The van der Waals surface area contributed by atoms with Gasteiger partial charge in [0.2, 0.25) is 5.91 Å². The van der Waals surface area contributed by atoms with Gasteiger partial charge in [-0.05, 0) is 6.92 Å². The van der Waals surface area contributed by atoms with Crippen LogP contribution in [0.2, 0.25) is 0 Å². The summed E-state index contributed by atoms with van der Waals surface area (Å²) in [6.45, 7) is 3.09. The van der Waals surface area contributed by atoms with E-state index in [9.17, 15) is 4.79 Å². The number of carbonyl (C=O) groups is 1. The molecule has 0 radical (unpaired) electrons. The predicted octanol–water partition coefficient (Wildman–Crippen LogP) is 0.470. The van der Waals surface area contributed by atoms with Gasteiger partial charge < -0.3 is 5.32 Å². The number of amides is 1. The van der Waals surface area contributed by atoms with E-state index >= 15 is 0 Å². The van der Waals surface area contributed by atoms with E-state index in [1.807, 2.05) is 0 Å². The zero-order chi connectivity index (χ0) is 5.86. The summed E-state index contributed by atoms with van der Waals surface area (Å²) in [6, 6.07) is 0. The number of hydrogen-bond donors (Lipinski definition) is 1. The summed E-state index contributed by atoms with van der Waals surface area (Å²) < 4.78 is 0. The molecule has 40 valence electrons. The molecule has 0 saturated heterocycles. The van der Waals surface area contributed by atoms with E-state index in [1.54, 1.807) is 6.92 Å². The third kappa shape index (κ3) is 5.56. The minimum atomic E-state index is -0.104. The van der Waals surface area contributed by atoms with Crippen molar-refractivity contribution in [2.45, 2.75) is 13.8 Å². The van der Waals surface area contributed by atoms with E-state index in [0.29, 0.717) is 4.99 Å². The van der Waals surface area contributed by atoms with Crippen LogP contribution < -0.4 is 5.32 Å². The van der Waals surface area contributed by atoms with Crippen LogP contribution in [0.15, 0.2) is 0 Å². The molecule has 7 heavy (non-hydrogen) atoms. The van der Waals surface area contributed by atoms with E-state index in [4.69, 9.17) is 0 Å². The third-order valence-electron chi connectivity index (χ3n) is 0.352. The molecule has 0 aromatic heterocycles. The lowest BCUT2D eigenvalue weighted by atomic mass is 10.6. The van der Waals surface area contributed by atoms with Crippen LogP contribution in [0.4, 0.5) is 0 Å². The lowest BCUT2D eigenvalue weighted by Gasteiger charge is -1.91. The molecule has 0 aromatic carbocycles. The average Bonchev–Trinajstić information content (AvgIpc) is 1.27. The first-order valence-electron chi connectivity index (χ1n) is 1.91. The van der Waals surface area contributed by atoms with Gasteiger partial charge in [-0.3, -0.25) is 4.79 Å². The van der Waals surface area contributed by atoms with Crippen molar-refractivity contribution in [2.24, 2.45) is 0 Å². The second kappa shape index (κ2) is 2.69. The number of nitrogens with one attached hydrogen (secondary N) is 1. The molecule has 0 unspecified atom stereocenters. The molecular weight excluding hydrogens is 110 g/mol. The van der Waals surface area contributed by atoms with Gasteiger partial charge >= 0.3 is 0 Å². The van der Waals surface area contributed by atoms with E-state index in [1.165, 1.54) is 6.92 Å². The van der Waals surface area contributed by atoms with Gasteiger partial charge in [0.25, 0.3) is 0 Å². The maximum atomic E-state index is 10.1. The summed E-state index contributed by atoms with van der Waals surface area (Å²) >= 11 is 4.54. The Bertz CT molecular complexity index is 87.9. The molecule has 1 amide bonds. The lowest BCUT2D eigenvalue weighted by Crippen LogP contribution is -2.23. The van der Waals surface area contributed by atoms with Gasteiger partial charge in [0.15, 0.2) is 0 Å². The largest absolute Gasteiger partial charge is 0.321 e. The van der Waals surface area contributed by atoms with Crippen molar-refractivity contribution in [3.63, 3.8) is 0 Å². The van der Waals surface area contributed by atoms with Crippen molar-refractivity contribution < 1.29 is 4.79 Å². The Morgan fingerprint density at radius 1 is 1.57 bits per heavy atom. The highest BCUT2D eigenvalue weighted by molar-refractivity contribution is 7.80. The Kier molecular flexibility index (Phi) is 2.52. The summed E-state index contributed by atoms with van der Waals surface area (Å²) in [5.74, 6) is -0.104. The molecule has 0 rings (SSSR count). The number of carbonyl (C=O) groups excluding carboxylic acids is 1. The highest BCUT2D eigenvalue weighted by Crippen LogP contribution is 1.65. The van der Waals surface area contributed by atoms with Crippen molar-refractivity contribution in [3.8, 4) is 0 Å². The van der Waals surface area contributed by atoms with Gasteiger partial charge in [0.05, 0.1) is 4.99 Å².